The number of carbonyl (C=O) groups is 1. The lowest BCUT2D eigenvalue weighted by Gasteiger charge is -2.30. The number of benzene rings is 1. The Morgan fingerprint density at radius 2 is 1.84 bits per heavy atom. The number of rotatable bonds is 5. The summed E-state index contributed by atoms with van der Waals surface area (Å²) in [5.41, 5.74) is 5.00. The first kappa shape index (κ1) is 19.6. The van der Waals surface area contributed by atoms with E-state index >= 15 is 0 Å². The second-order valence-corrected chi connectivity index (χ2v) is 8.33. The first-order chi connectivity index (χ1) is 11.9. The number of hydrogen-bond acceptors (Lipinski definition) is 4. The highest BCUT2D eigenvalue weighted by molar-refractivity contribution is 7.89. The minimum atomic E-state index is -3.71. The average molecular weight is 385 g/mol. The first-order valence-electron chi connectivity index (χ1n) is 8.28. The molecule has 1 aliphatic carbocycles. The highest BCUT2D eigenvalue weighted by Gasteiger charge is 2.21. The second-order valence-electron chi connectivity index (χ2n) is 6.15. The zero-order chi connectivity index (χ0) is 18.3. The van der Waals surface area contributed by atoms with Crippen LogP contribution in [0.25, 0.3) is 0 Å². The molecule has 2 rings (SSSR count). The highest BCUT2D eigenvalue weighted by Crippen LogP contribution is 2.23. The summed E-state index contributed by atoms with van der Waals surface area (Å²) in [7, 11) is -3.71. The van der Waals surface area contributed by atoms with Crippen molar-refractivity contribution >= 4 is 33.3 Å². The zero-order valence-electron chi connectivity index (χ0n) is 14.1. The molecule has 0 saturated heterocycles. The van der Waals surface area contributed by atoms with E-state index in [4.69, 9.17) is 12.2 Å². The Morgan fingerprint density at radius 1 is 1.16 bits per heavy atom. The molecule has 0 heterocycles. The van der Waals surface area contributed by atoms with Gasteiger partial charge in [0.05, 0.1) is 11.4 Å². The van der Waals surface area contributed by atoms with Crippen LogP contribution in [0.4, 0.5) is 0 Å². The van der Waals surface area contributed by atoms with Gasteiger partial charge in [0.25, 0.3) is 5.91 Å². The van der Waals surface area contributed by atoms with E-state index in [2.05, 4.69) is 27.8 Å². The van der Waals surface area contributed by atoms with E-state index < -0.39 is 15.9 Å². The van der Waals surface area contributed by atoms with Crippen LogP contribution in [0.3, 0.4) is 0 Å². The van der Waals surface area contributed by atoms with Gasteiger partial charge in [-0.25, -0.2) is 13.1 Å². The smallest absolute Gasteiger partial charge is 0.253 e. The van der Waals surface area contributed by atoms with Crippen molar-refractivity contribution in [3.8, 4) is 0 Å². The summed E-state index contributed by atoms with van der Waals surface area (Å²) in [6, 6.07) is 8.17. The SMILES string of the molecule is C[C@@H]1CCCC[C@@H]1NC(=S)NNC(=O)CNS(=O)(=O)c1ccccc1. The van der Waals surface area contributed by atoms with Gasteiger partial charge in [0, 0.05) is 6.04 Å². The fraction of sp³-hybridized carbons (Fsp3) is 0.500. The van der Waals surface area contributed by atoms with Crippen LogP contribution in [0, 0.1) is 5.92 Å². The summed E-state index contributed by atoms with van der Waals surface area (Å²) in [5.74, 6) is 0.00207. The Balaban J connectivity index is 1.72. The molecule has 7 nitrogen and oxygen atoms in total. The largest absolute Gasteiger partial charge is 0.358 e. The number of nitrogens with one attached hydrogen (secondary N) is 4. The van der Waals surface area contributed by atoms with Crippen molar-refractivity contribution in [3.63, 3.8) is 0 Å². The molecule has 1 aromatic carbocycles. The summed E-state index contributed by atoms with van der Waals surface area (Å²) in [4.78, 5) is 11.9. The molecule has 1 aliphatic rings. The van der Waals surface area contributed by atoms with Gasteiger partial charge in [-0.05, 0) is 43.1 Å². The summed E-state index contributed by atoms with van der Waals surface area (Å²) in [6.45, 7) is 1.79. The summed E-state index contributed by atoms with van der Waals surface area (Å²) >= 11 is 5.16. The molecule has 0 bridgehead atoms. The third-order valence-corrected chi connectivity index (χ3v) is 5.86. The highest BCUT2D eigenvalue weighted by atomic mass is 32.2. The number of hydrazine groups is 1. The zero-order valence-corrected chi connectivity index (χ0v) is 15.8. The van der Waals surface area contributed by atoms with Crippen molar-refractivity contribution in [1.82, 2.24) is 20.9 Å². The fourth-order valence-corrected chi connectivity index (χ4v) is 3.95. The number of carbonyl (C=O) groups excluding carboxylic acids is 1. The Hall–Kier alpha value is -1.71. The standard InChI is InChI=1S/C16H24N4O3S2/c1-12-7-5-6-10-14(12)18-16(24)20-19-15(21)11-17-25(22,23)13-8-3-2-4-9-13/h2-4,8-9,12,14,17H,5-7,10-11H2,1H3,(H,19,21)(H2,18,20,24)/t12-,14+/m1/s1. The molecule has 1 amide bonds. The van der Waals surface area contributed by atoms with Crippen molar-refractivity contribution < 1.29 is 13.2 Å². The van der Waals surface area contributed by atoms with Gasteiger partial charge in [-0.2, -0.15) is 0 Å². The number of amides is 1. The lowest BCUT2D eigenvalue weighted by Crippen LogP contribution is -2.53. The molecule has 138 valence electrons. The van der Waals surface area contributed by atoms with Gasteiger partial charge in [-0.3, -0.25) is 15.6 Å². The van der Waals surface area contributed by atoms with Crippen LogP contribution in [-0.2, 0) is 14.8 Å². The predicted octanol–water partition coefficient (Wildman–Crippen LogP) is 1.04. The molecule has 0 spiro atoms. The Kier molecular flexibility index (Phi) is 7.15. The Labute approximate surface area is 154 Å². The minimum Gasteiger partial charge on any atom is -0.358 e. The van der Waals surface area contributed by atoms with Crippen molar-refractivity contribution in [2.24, 2.45) is 5.92 Å². The maximum atomic E-state index is 12.0. The van der Waals surface area contributed by atoms with Crippen LogP contribution in [-0.4, -0.2) is 32.0 Å². The van der Waals surface area contributed by atoms with Crippen LogP contribution in [0.1, 0.15) is 32.6 Å². The van der Waals surface area contributed by atoms with Gasteiger partial charge in [0.15, 0.2) is 5.11 Å². The van der Waals surface area contributed by atoms with Crippen molar-refractivity contribution in [2.75, 3.05) is 6.54 Å². The monoisotopic (exact) mass is 384 g/mol. The van der Waals surface area contributed by atoms with Crippen LogP contribution in [0.2, 0.25) is 0 Å². The van der Waals surface area contributed by atoms with Crippen LogP contribution < -0.4 is 20.9 Å². The lowest BCUT2D eigenvalue weighted by molar-refractivity contribution is -0.120. The Morgan fingerprint density at radius 3 is 2.52 bits per heavy atom. The van der Waals surface area contributed by atoms with Gasteiger partial charge in [-0.1, -0.05) is 38.0 Å². The maximum Gasteiger partial charge on any atom is 0.253 e. The van der Waals surface area contributed by atoms with Crippen molar-refractivity contribution in [2.45, 2.75) is 43.5 Å². The van der Waals surface area contributed by atoms with E-state index in [1.54, 1.807) is 18.2 Å². The molecule has 4 N–H and O–H groups in total. The number of sulfonamides is 1. The lowest BCUT2D eigenvalue weighted by atomic mass is 9.86. The molecule has 0 unspecified atom stereocenters. The molecule has 9 heteroatoms. The van der Waals surface area contributed by atoms with Gasteiger partial charge in [0.1, 0.15) is 0 Å². The molecule has 1 fully saturated rings. The molecule has 0 radical (unpaired) electrons. The molecule has 1 saturated carbocycles. The number of thiocarbonyl (C=S) groups is 1. The van der Waals surface area contributed by atoms with E-state index in [9.17, 15) is 13.2 Å². The third-order valence-electron chi connectivity index (χ3n) is 4.22. The molecular formula is C16H24N4O3S2. The third kappa shape index (κ3) is 6.26. The molecule has 25 heavy (non-hydrogen) atoms. The molecular weight excluding hydrogens is 360 g/mol. The quantitative estimate of drug-likeness (QED) is 0.447. The predicted molar refractivity (Wildman–Crippen MR) is 100 cm³/mol. The van der Waals surface area contributed by atoms with Gasteiger partial charge >= 0.3 is 0 Å². The second kappa shape index (κ2) is 9.12. The van der Waals surface area contributed by atoms with Crippen LogP contribution in [0.15, 0.2) is 35.2 Å². The molecule has 0 aromatic heterocycles. The molecule has 2 atom stereocenters. The normalized spacial score (nSPS) is 20.5. The molecule has 1 aromatic rings. The Bertz CT molecular complexity index is 695. The van der Waals surface area contributed by atoms with Gasteiger partial charge in [0.2, 0.25) is 10.0 Å². The first-order valence-corrected chi connectivity index (χ1v) is 10.2. The minimum absolute atomic E-state index is 0.110. The van der Waals surface area contributed by atoms with E-state index in [-0.39, 0.29) is 11.4 Å². The summed E-state index contributed by atoms with van der Waals surface area (Å²) < 4.78 is 26.3. The van der Waals surface area contributed by atoms with Crippen LogP contribution >= 0.6 is 12.2 Å². The van der Waals surface area contributed by atoms with E-state index in [0.717, 1.165) is 19.3 Å². The van der Waals surface area contributed by atoms with Crippen LogP contribution in [0.5, 0.6) is 0 Å². The van der Waals surface area contributed by atoms with Crippen molar-refractivity contribution in [3.05, 3.63) is 30.3 Å². The van der Waals surface area contributed by atoms with Gasteiger partial charge < -0.3 is 5.32 Å². The van der Waals surface area contributed by atoms with E-state index in [1.165, 1.54) is 18.6 Å². The molecule has 0 aliphatic heterocycles. The average Bonchev–Trinajstić information content (AvgIpc) is 2.61. The summed E-state index contributed by atoms with van der Waals surface area (Å²) in [5, 5.41) is 3.52. The van der Waals surface area contributed by atoms with Gasteiger partial charge in [-0.15, -0.1) is 0 Å². The van der Waals surface area contributed by atoms with E-state index in [1.807, 2.05) is 0 Å². The van der Waals surface area contributed by atoms with Crippen molar-refractivity contribution in [1.29, 1.82) is 0 Å². The van der Waals surface area contributed by atoms with E-state index in [0.29, 0.717) is 17.1 Å². The topological polar surface area (TPSA) is 99.3 Å². The summed E-state index contributed by atoms with van der Waals surface area (Å²) in [6.07, 6.45) is 4.61. The number of hydrogen-bond donors (Lipinski definition) is 4. The fourth-order valence-electron chi connectivity index (χ4n) is 2.75. The maximum absolute atomic E-state index is 12.0.